The largest absolute Gasteiger partial charge is 0.497 e. The number of hydrogen-bond donors (Lipinski definition) is 3. The van der Waals surface area contributed by atoms with Gasteiger partial charge in [-0.3, -0.25) is 29.1 Å². The molecule has 13 nitrogen and oxygen atoms in total. The zero-order valence-corrected chi connectivity index (χ0v) is 23.6. The van der Waals surface area contributed by atoms with Gasteiger partial charge in [-0.05, 0) is 24.3 Å². The van der Waals surface area contributed by atoms with Crippen LogP contribution in [0.15, 0.2) is 29.2 Å². The van der Waals surface area contributed by atoms with Gasteiger partial charge in [0.1, 0.15) is 5.75 Å². The van der Waals surface area contributed by atoms with Crippen molar-refractivity contribution in [3.05, 3.63) is 24.3 Å². The minimum Gasteiger partial charge on any atom is -0.497 e. The number of ether oxygens (including phenoxy) is 1. The summed E-state index contributed by atoms with van der Waals surface area (Å²) in [5.41, 5.74) is 0. The molecule has 0 aromatic heterocycles. The first-order valence-electron chi connectivity index (χ1n) is 12.6. The summed E-state index contributed by atoms with van der Waals surface area (Å²) in [7, 11) is 2.33. The third-order valence-electron chi connectivity index (χ3n) is 6.43. The number of nitrogens with one attached hydrogen (secondary N) is 3. The predicted molar refractivity (Wildman–Crippen MR) is 143 cm³/mol. The van der Waals surface area contributed by atoms with Crippen LogP contribution in [-0.2, 0) is 24.4 Å². The number of sulfonamides is 1. The number of benzene rings is 1. The van der Waals surface area contributed by atoms with Gasteiger partial charge in [-0.2, -0.15) is 4.31 Å². The predicted octanol–water partition coefficient (Wildman–Crippen LogP) is -2.16. The maximum Gasteiger partial charge on any atom is 0.243 e. The average Bonchev–Trinajstić information content (AvgIpc) is 2.92. The number of likely N-dealkylation sites (N-methyl/N-ethyl adjacent to an activating group) is 3. The summed E-state index contributed by atoms with van der Waals surface area (Å²) in [5.74, 6) is 0.0459. The standard InChI is InChI=1S/C24H41N7O6S/c1-25-22(32)17-28-9-11-29(18-23(33)26-2)13-15-31(16-14-30(12-10-28)19-24(34)27-3)38(35,36)21-7-5-20(37-4)6-8-21/h5-8H,9-19H2,1-4H3,(H,25,32)(H,26,33)(H,27,34). The molecule has 0 unspecified atom stereocenters. The van der Waals surface area contributed by atoms with Gasteiger partial charge in [0.25, 0.3) is 0 Å². The number of amides is 3. The maximum absolute atomic E-state index is 13.6. The van der Waals surface area contributed by atoms with E-state index in [2.05, 4.69) is 16.0 Å². The van der Waals surface area contributed by atoms with E-state index < -0.39 is 10.0 Å². The average molecular weight is 556 g/mol. The molecule has 0 bridgehead atoms. The molecule has 0 spiro atoms. The molecule has 38 heavy (non-hydrogen) atoms. The first kappa shape index (κ1) is 31.4. The molecule has 1 aromatic rings. The molecular formula is C24H41N7O6S. The summed E-state index contributed by atoms with van der Waals surface area (Å²) in [6.07, 6.45) is 0. The summed E-state index contributed by atoms with van der Waals surface area (Å²) >= 11 is 0. The van der Waals surface area contributed by atoms with Crippen LogP contribution in [0.3, 0.4) is 0 Å². The molecular weight excluding hydrogens is 514 g/mol. The SMILES string of the molecule is CNC(=O)CN1CCN(CC(=O)NC)CCN(S(=O)(=O)c2ccc(OC)cc2)CCN(CC(=O)NC)CC1. The lowest BCUT2D eigenvalue weighted by Gasteiger charge is -2.33. The summed E-state index contributed by atoms with van der Waals surface area (Å²) in [5, 5.41) is 7.86. The minimum atomic E-state index is -3.86. The van der Waals surface area contributed by atoms with E-state index in [1.165, 1.54) is 23.5 Å². The van der Waals surface area contributed by atoms with E-state index in [-0.39, 0.29) is 55.3 Å². The van der Waals surface area contributed by atoms with Crippen LogP contribution < -0.4 is 20.7 Å². The molecule has 0 radical (unpaired) electrons. The molecule has 1 saturated heterocycles. The summed E-state index contributed by atoms with van der Waals surface area (Å²) < 4.78 is 33.8. The fourth-order valence-electron chi connectivity index (χ4n) is 3.98. The van der Waals surface area contributed by atoms with Crippen LogP contribution in [0.5, 0.6) is 5.75 Å². The van der Waals surface area contributed by atoms with Crippen molar-refractivity contribution in [3.63, 3.8) is 0 Å². The Kier molecular flexibility index (Phi) is 12.9. The topological polar surface area (TPSA) is 144 Å². The van der Waals surface area contributed by atoms with Gasteiger partial charge in [0.05, 0.1) is 31.6 Å². The van der Waals surface area contributed by atoms with Gasteiger partial charge >= 0.3 is 0 Å². The summed E-state index contributed by atoms with van der Waals surface area (Å²) in [4.78, 5) is 42.3. The van der Waals surface area contributed by atoms with Crippen LogP contribution in [-0.4, -0.2) is 145 Å². The van der Waals surface area contributed by atoms with Gasteiger partial charge < -0.3 is 20.7 Å². The fraction of sp³-hybridized carbons (Fsp3) is 0.625. The van der Waals surface area contributed by atoms with Crippen molar-refractivity contribution in [2.24, 2.45) is 0 Å². The third-order valence-corrected chi connectivity index (χ3v) is 8.34. The Balaban J connectivity index is 2.34. The smallest absolute Gasteiger partial charge is 0.243 e. The number of rotatable bonds is 9. The van der Waals surface area contributed by atoms with E-state index in [1.54, 1.807) is 33.3 Å². The molecule has 14 heteroatoms. The molecule has 1 fully saturated rings. The number of nitrogens with zero attached hydrogens (tertiary/aromatic N) is 4. The number of carbonyl (C=O) groups excluding carboxylic acids is 3. The Labute approximate surface area is 225 Å². The number of carbonyl (C=O) groups is 3. The van der Waals surface area contributed by atoms with Crippen LogP contribution in [0.1, 0.15) is 0 Å². The van der Waals surface area contributed by atoms with Crippen molar-refractivity contribution in [1.82, 2.24) is 35.0 Å². The van der Waals surface area contributed by atoms with E-state index in [0.29, 0.717) is 45.0 Å². The summed E-state index contributed by atoms with van der Waals surface area (Å²) in [6, 6.07) is 6.21. The van der Waals surface area contributed by atoms with Crippen molar-refractivity contribution in [3.8, 4) is 5.75 Å². The zero-order chi connectivity index (χ0) is 28.1. The van der Waals surface area contributed by atoms with Gasteiger partial charge in [-0.25, -0.2) is 8.42 Å². The summed E-state index contributed by atoms with van der Waals surface area (Å²) in [6.45, 7) is 3.18. The van der Waals surface area contributed by atoms with Crippen LogP contribution in [0.25, 0.3) is 0 Å². The minimum absolute atomic E-state index is 0.101. The van der Waals surface area contributed by atoms with E-state index in [0.717, 1.165) is 0 Å². The molecule has 2 rings (SSSR count). The highest BCUT2D eigenvalue weighted by atomic mass is 32.2. The Morgan fingerprint density at radius 3 is 1.34 bits per heavy atom. The lowest BCUT2D eigenvalue weighted by atomic mass is 10.3. The number of hydrogen-bond acceptors (Lipinski definition) is 9. The van der Waals surface area contributed by atoms with Crippen molar-refractivity contribution < 1.29 is 27.5 Å². The van der Waals surface area contributed by atoms with Crippen molar-refractivity contribution in [1.29, 1.82) is 0 Å². The van der Waals surface area contributed by atoms with E-state index in [1.807, 2.05) is 14.7 Å². The molecule has 1 aromatic carbocycles. The van der Waals surface area contributed by atoms with Gasteiger partial charge in [-0.15, -0.1) is 0 Å². The Morgan fingerprint density at radius 2 is 1.03 bits per heavy atom. The molecule has 0 atom stereocenters. The van der Waals surface area contributed by atoms with E-state index >= 15 is 0 Å². The van der Waals surface area contributed by atoms with Gasteiger partial charge in [0.2, 0.25) is 27.7 Å². The van der Waals surface area contributed by atoms with Crippen LogP contribution in [0.4, 0.5) is 0 Å². The quantitative estimate of drug-likeness (QED) is 0.311. The monoisotopic (exact) mass is 555 g/mol. The Hall–Kier alpha value is -2.78. The van der Waals surface area contributed by atoms with E-state index in [4.69, 9.17) is 4.74 Å². The fourth-order valence-corrected chi connectivity index (χ4v) is 5.40. The molecule has 3 amide bonds. The number of methoxy groups -OCH3 is 1. The van der Waals surface area contributed by atoms with E-state index in [9.17, 15) is 22.8 Å². The zero-order valence-electron chi connectivity index (χ0n) is 22.7. The maximum atomic E-state index is 13.6. The third kappa shape index (κ3) is 9.83. The molecule has 1 aliphatic heterocycles. The van der Waals surface area contributed by atoms with Crippen molar-refractivity contribution in [2.45, 2.75) is 4.90 Å². The highest BCUT2D eigenvalue weighted by Gasteiger charge is 2.27. The second-order valence-corrected chi connectivity index (χ2v) is 10.9. The molecule has 1 aliphatic rings. The second kappa shape index (κ2) is 15.6. The molecule has 1 heterocycles. The van der Waals surface area contributed by atoms with Crippen LogP contribution in [0, 0.1) is 0 Å². The molecule has 0 saturated carbocycles. The van der Waals surface area contributed by atoms with Gasteiger partial charge in [0.15, 0.2) is 0 Å². The van der Waals surface area contributed by atoms with Crippen LogP contribution >= 0.6 is 0 Å². The Bertz CT molecular complexity index is 988. The first-order valence-corrected chi connectivity index (χ1v) is 14.0. The second-order valence-electron chi connectivity index (χ2n) is 8.93. The van der Waals surface area contributed by atoms with Gasteiger partial charge in [-0.1, -0.05) is 0 Å². The molecule has 214 valence electrons. The highest BCUT2D eigenvalue weighted by molar-refractivity contribution is 7.89. The first-order chi connectivity index (χ1) is 18.1. The highest BCUT2D eigenvalue weighted by Crippen LogP contribution is 2.20. The van der Waals surface area contributed by atoms with Gasteiger partial charge in [0, 0.05) is 73.5 Å². The van der Waals surface area contributed by atoms with Crippen molar-refractivity contribution in [2.75, 3.05) is 100 Å². The molecule has 3 N–H and O–H groups in total. The Morgan fingerprint density at radius 1 is 0.684 bits per heavy atom. The van der Waals surface area contributed by atoms with Crippen LogP contribution in [0.2, 0.25) is 0 Å². The lowest BCUT2D eigenvalue weighted by molar-refractivity contribution is -0.123. The molecule has 0 aliphatic carbocycles. The van der Waals surface area contributed by atoms with Crippen molar-refractivity contribution >= 4 is 27.7 Å². The lowest BCUT2D eigenvalue weighted by Crippen LogP contribution is -2.50. The normalized spacial score (nSPS) is 17.6.